The van der Waals surface area contributed by atoms with E-state index in [-0.39, 0.29) is 0 Å². The third-order valence-electron chi connectivity index (χ3n) is 3.68. The number of ether oxygens (including phenoxy) is 1. The van der Waals surface area contributed by atoms with E-state index in [9.17, 15) is 0 Å². The molecular weight excluding hydrogens is 320 g/mol. The SMILES string of the molecule is Cc1cc(Br)c(OCC2CCC2)c(-c2cc(N)on2)c1. The predicted molar refractivity (Wildman–Crippen MR) is 81.6 cm³/mol. The van der Waals surface area contributed by atoms with Gasteiger partial charge in [-0.15, -0.1) is 0 Å². The van der Waals surface area contributed by atoms with Crippen molar-refractivity contribution in [1.29, 1.82) is 0 Å². The Balaban J connectivity index is 1.93. The first-order chi connectivity index (χ1) is 9.63. The van der Waals surface area contributed by atoms with Crippen molar-refractivity contribution in [2.24, 2.45) is 5.92 Å². The fourth-order valence-corrected chi connectivity index (χ4v) is 3.03. The molecule has 0 aliphatic heterocycles. The average Bonchev–Trinajstić information content (AvgIpc) is 2.75. The Morgan fingerprint density at radius 2 is 2.20 bits per heavy atom. The zero-order chi connectivity index (χ0) is 14.1. The molecule has 0 atom stereocenters. The first-order valence-electron chi connectivity index (χ1n) is 6.79. The third kappa shape index (κ3) is 2.68. The Bertz CT molecular complexity index is 620. The summed E-state index contributed by atoms with van der Waals surface area (Å²) in [6, 6.07) is 5.80. The number of nitrogens with zero attached hydrogens (tertiary/aromatic N) is 1. The maximum atomic E-state index is 6.02. The van der Waals surface area contributed by atoms with Crippen molar-refractivity contribution >= 4 is 21.8 Å². The Morgan fingerprint density at radius 3 is 2.80 bits per heavy atom. The predicted octanol–water partition coefficient (Wildman–Crippen LogP) is 4.17. The molecule has 106 valence electrons. The molecule has 1 heterocycles. The summed E-state index contributed by atoms with van der Waals surface area (Å²) >= 11 is 3.58. The van der Waals surface area contributed by atoms with Gasteiger partial charge in [0.25, 0.3) is 0 Å². The molecule has 1 fully saturated rings. The van der Waals surface area contributed by atoms with E-state index in [1.54, 1.807) is 6.07 Å². The summed E-state index contributed by atoms with van der Waals surface area (Å²) in [5.74, 6) is 1.80. The fraction of sp³-hybridized carbons (Fsp3) is 0.400. The highest BCUT2D eigenvalue weighted by molar-refractivity contribution is 9.10. The van der Waals surface area contributed by atoms with Crippen LogP contribution >= 0.6 is 15.9 Å². The summed E-state index contributed by atoms with van der Waals surface area (Å²) in [5, 5.41) is 3.99. The lowest BCUT2D eigenvalue weighted by atomic mass is 9.86. The van der Waals surface area contributed by atoms with Gasteiger partial charge >= 0.3 is 0 Å². The Kier molecular flexibility index (Phi) is 3.70. The maximum absolute atomic E-state index is 6.02. The maximum Gasteiger partial charge on any atom is 0.222 e. The van der Waals surface area contributed by atoms with Gasteiger partial charge in [-0.2, -0.15) is 0 Å². The van der Waals surface area contributed by atoms with Gasteiger partial charge in [0.15, 0.2) is 0 Å². The number of nitrogens with two attached hydrogens (primary N) is 1. The molecule has 0 saturated heterocycles. The van der Waals surface area contributed by atoms with Crippen LogP contribution in [0, 0.1) is 12.8 Å². The van der Waals surface area contributed by atoms with Crippen LogP contribution in [0.2, 0.25) is 0 Å². The van der Waals surface area contributed by atoms with Crippen LogP contribution in [0.5, 0.6) is 5.75 Å². The molecule has 1 saturated carbocycles. The van der Waals surface area contributed by atoms with Crippen molar-refractivity contribution < 1.29 is 9.26 Å². The molecule has 0 spiro atoms. The molecule has 2 aromatic rings. The van der Waals surface area contributed by atoms with E-state index in [2.05, 4.69) is 21.1 Å². The average molecular weight is 337 g/mol. The van der Waals surface area contributed by atoms with Crippen LogP contribution in [-0.4, -0.2) is 11.8 Å². The molecule has 5 heteroatoms. The second kappa shape index (κ2) is 5.48. The summed E-state index contributed by atoms with van der Waals surface area (Å²) in [6.07, 6.45) is 3.83. The van der Waals surface area contributed by atoms with Crippen LogP contribution in [0.25, 0.3) is 11.3 Å². The number of benzene rings is 1. The Labute approximate surface area is 126 Å². The van der Waals surface area contributed by atoms with E-state index < -0.39 is 0 Å². The molecular formula is C15H17BrN2O2. The minimum Gasteiger partial charge on any atom is -0.491 e. The molecule has 0 amide bonds. The van der Waals surface area contributed by atoms with Gasteiger partial charge in [0.2, 0.25) is 5.88 Å². The highest BCUT2D eigenvalue weighted by atomic mass is 79.9. The van der Waals surface area contributed by atoms with Gasteiger partial charge in [0, 0.05) is 11.6 Å². The second-order valence-corrected chi connectivity index (χ2v) is 6.20. The smallest absolute Gasteiger partial charge is 0.222 e. The van der Waals surface area contributed by atoms with E-state index in [4.69, 9.17) is 15.0 Å². The van der Waals surface area contributed by atoms with Crippen LogP contribution in [0.1, 0.15) is 24.8 Å². The highest BCUT2D eigenvalue weighted by Gasteiger charge is 2.21. The number of anilines is 1. The third-order valence-corrected chi connectivity index (χ3v) is 4.27. The lowest BCUT2D eigenvalue weighted by molar-refractivity contribution is 0.180. The number of hydrogen-bond donors (Lipinski definition) is 1. The topological polar surface area (TPSA) is 61.3 Å². The molecule has 1 aliphatic carbocycles. The molecule has 0 bridgehead atoms. The lowest BCUT2D eigenvalue weighted by Gasteiger charge is -2.26. The summed E-state index contributed by atoms with van der Waals surface area (Å²) in [5.41, 5.74) is 8.36. The van der Waals surface area contributed by atoms with Crippen LogP contribution < -0.4 is 10.5 Å². The molecule has 0 radical (unpaired) electrons. The first kappa shape index (κ1) is 13.5. The van der Waals surface area contributed by atoms with E-state index in [0.717, 1.165) is 28.0 Å². The summed E-state index contributed by atoms with van der Waals surface area (Å²) in [7, 11) is 0. The molecule has 1 aromatic carbocycles. The van der Waals surface area contributed by atoms with Gasteiger partial charge in [-0.3, -0.25) is 0 Å². The van der Waals surface area contributed by atoms with E-state index >= 15 is 0 Å². The highest BCUT2D eigenvalue weighted by Crippen LogP contribution is 2.39. The van der Waals surface area contributed by atoms with Gasteiger partial charge in [-0.05, 0) is 59.3 Å². The van der Waals surface area contributed by atoms with Crippen molar-refractivity contribution in [3.05, 3.63) is 28.2 Å². The minimum atomic E-state index is 0.308. The molecule has 4 nitrogen and oxygen atoms in total. The summed E-state index contributed by atoms with van der Waals surface area (Å²) < 4.78 is 11.9. The normalized spacial score (nSPS) is 15.1. The monoisotopic (exact) mass is 336 g/mol. The Hall–Kier alpha value is -1.49. The molecule has 1 aliphatic rings. The molecule has 20 heavy (non-hydrogen) atoms. The second-order valence-electron chi connectivity index (χ2n) is 5.35. The summed E-state index contributed by atoms with van der Waals surface area (Å²) in [4.78, 5) is 0. The van der Waals surface area contributed by atoms with Crippen LogP contribution in [0.15, 0.2) is 27.2 Å². The number of nitrogen functional groups attached to an aromatic ring is 1. The first-order valence-corrected chi connectivity index (χ1v) is 7.58. The van der Waals surface area contributed by atoms with E-state index in [1.165, 1.54) is 19.3 Å². The van der Waals surface area contributed by atoms with Gasteiger partial charge in [0.1, 0.15) is 11.4 Å². The minimum absolute atomic E-state index is 0.308. The quantitative estimate of drug-likeness (QED) is 0.909. The van der Waals surface area contributed by atoms with Crippen LogP contribution in [0.4, 0.5) is 5.88 Å². The van der Waals surface area contributed by atoms with Gasteiger partial charge in [0.05, 0.1) is 11.1 Å². The lowest BCUT2D eigenvalue weighted by Crippen LogP contribution is -2.19. The van der Waals surface area contributed by atoms with E-state index in [1.807, 2.05) is 19.1 Å². The van der Waals surface area contributed by atoms with Gasteiger partial charge in [-0.25, -0.2) is 0 Å². The largest absolute Gasteiger partial charge is 0.491 e. The van der Waals surface area contributed by atoms with E-state index in [0.29, 0.717) is 17.5 Å². The van der Waals surface area contributed by atoms with Crippen LogP contribution in [-0.2, 0) is 0 Å². The number of halogens is 1. The molecule has 0 unspecified atom stereocenters. The molecule has 1 aromatic heterocycles. The van der Waals surface area contributed by atoms with Crippen molar-refractivity contribution in [3.63, 3.8) is 0 Å². The molecule has 2 N–H and O–H groups in total. The van der Waals surface area contributed by atoms with Crippen molar-refractivity contribution in [2.75, 3.05) is 12.3 Å². The van der Waals surface area contributed by atoms with Crippen molar-refractivity contribution in [2.45, 2.75) is 26.2 Å². The van der Waals surface area contributed by atoms with Crippen molar-refractivity contribution in [3.8, 4) is 17.0 Å². The van der Waals surface area contributed by atoms with Crippen LogP contribution in [0.3, 0.4) is 0 Å². The Morgan fingerprint density at radius 1 is 1.40 bits per heavy atom. The summed E-state index contributed by atoms with van der Waals surface area (Å²) in [6.45, 7) is 2.79. The zero-order valence-corrected chi connectivity index (χ0v) is 12.9. The number of aromatic nitrogens is 1. The number of hydrogen-bond acceptors (Lipinski definition) is 4. The molecule has 3 rings (SSSR count). The standard InChI is InChI=1S/C15H17BrN2O2/c1-9-5-11(13-7-14(17)20-18-13)15(12(16)6-9)19-8-10-3-2-4-10/h5-7,10H,2-4,8,17H2,1H3. The van der Waals surface area contributed by atoms with Gasteiger partial charge in [-0.1, -0.05) is 11.6 Å². The zero-order valence-electron chi connectivity index (χ0n) is 11.4. The number of aryl methyl sites for hydroxylation is 1. The van der Waals surface area contributed by atoms with Gasteiger partial charge < -0.3 is 15.0 Å². The van der Waals surface area contributed by atoms with Crippen molar-refractivity contribution in [1.82, 2.24) is 5.16 Å². The number of rotatable bonds is 4. The fourth-order valence-electron chi connectivity index (χ4n) is 2.34.